The number of Topliss-reactive ketones (excluding diaryl/α,β-unsaturated/α-hetero) is 1. The minimum atomic E-state index is -0.593. The molecule has 1 aliphatic rings. The second-order valence-electron chi connectivity index (χ2n) is 6.64. The van der Waals surface area contributed by atoms with Gasteiger partial charge in [-0.1, -0.05) is 17.7 Å². The van der Waals surface area contributed by atoms with Crippen molar-refractivity contribution < 1.29 is 14.3 Å². The predicted molar refractivity (Wildman–Crippen MR) is 107 cm³/mol. The molecular formula is C21H18ClN3O3. The Balaban J connectivity index is 1.78. The van der Waals surface area contributed by atoms with Gasteiger partial charge in [0.15, 0.2) is 5.78 Å². The van der Waals surface area contributed by atoms with E-state index >= 15 is 0 Å². The van der Waals surface area contributed by atoms with Gasteiger partial charge in [0.25, 0.3) is 0 Å². The Morgan fingerprint density at radius 3 is 2.68 bits per heavy atom. The van der Waals surface area contributed by atoms with Crippen LogP contribution in [-0.2, 0) is 4.79 Å². The van der Waals surface area contributed by atoms with Gasteiger partial charge in [-0.15, -0.1) is 0 Å². The van der Waals surface area contributed by atoms with Gasteiger partial charge < -0.3 is 10.1 Å². The summed E-state index contributed by atoms with van der Waals surface area (Å²) >= 11 is 6.10. The van der Waals surface area contributed by atoms with Crippen LogP contribution in [0.4, 0.5) is 5.82 Å². The van der Waals surface area contributed by atoms with Gasteiger partial charge in [0.1, 0.15) is 11.6 Å². The second kappa shape index (κ2) is 7.13. The van der Waals surface area contributed by atoms with E-state index in [9.17, 15) is 9.59 Å². The van der Waals surface area contributed by atoms with Crippen molar-refractivity contribution >= 4 is 29.1 Å². The molecule has 0 radical (unpaired) electrons. The van der Waals surface area contributed by atoms with E-state index < -0.39 is 5.92 Å². The van der Waals surface area contributed by atoms with Gasteiger partial charge in [0.2, 0.25) is 5.91 Å². The number of ether oxygens (including phenoxy) is 1. The number of methoxy groups -OCH3 is 1. The highest BCUT2D eigenvalue weighted by molar-refractivity contribution is 6.30. The summed E-state index contributed by atoms with van der Waals surface area (Å²) in [6.07, 6.45) is 0.0833. The van der Waals surface area contributed by atoms with Gasteiger partial charge >= 0.3 is 0 Å². The molecule has 7 heteroatoms. The first kappa shape index (κ1) is 18.3. The van der Waals surface area contributed by atoms with Crippen LogP contribution in [0.1, 0.15) is 34.0 Å². The lowest BCUT2D eigenvalue weighted by molar-refractivity contribution is -0.116. The lowest BCUT2D eigenvalue weighted by Gasteiger charge is -2.23. The first-order valence-corrected chi connectivity index (χ1v) is 9.19. The van der Waals surface area contributed by atoms with Crippen LogP contribution in [0.25, 0.3) is 5.69 Å². The molecule has 28 heavy (non-hydrogen) atoms. The SMILES string of the molecule is COc1ccc(C(=O)C2CC(=O)Nc3c2c(C)nn3-c2cccc(Cl)c2)cc1. The van der Waals surface area contributed by atoms with Crippen LogP contribution in [0.5, 0.6) is 5.75 Å². The van der Waals surface area contributed by atoms with Gasteiger partial charge in [0, 0.05) is 22.6 Å². The molecule has 1 aliphatic heterocycles. The molecule has 6 nitrogen and oxygen atoms in total. The topological polar surface area (TPSA) is 73.2 Å². The molecule has 142 valence electrons. The molecule has 0 spiro atoms. The normalized spacial score (nSPS) is 15.7. The fraction of sp³-hybridized carbons (Fsp3) is 0.190. The summed E-state index contributed by atoms with van der Waals surface area (Å²) in [6.45, 7) is 1.84. The molecule has 0 aliphatic carbocycles. The van der Waals surface area contributed by atoms with Gasteiger partial charge in [-0.05, 0) is 49.4 Å². The van der Waals surface area contributed by atoms with Crippen LogP contribution in [0.15, 0.2) is 48.5 Å². The summed E-state index contributed by atoms with van der Waals surface area (Å²) in [5.41, 5.74) is 2.68. The number of hydrogen-bond donors (Lipinski definition) is 1. The smallest absolute Gasteiger partial charge is 0.226 e. The van der Waals surface area contributed by atoms with Crippen LogP contribution < -0.4 is 10.1 Å². The molecule has 2 aromatic carbocycles. The maximum absolute atomic E-state index is 13.2. The van der Waals surface area contributed by atoms with E-state index in [0.717, 1.165) is 11.3 Å². The van der Waals surface area contributed by atoms with Crippen LogP contribution in [0.3, 0.4) is 0 Å². The molecule has 0 saturated carbocycles. The zero-order valence-corrected chi connectivity index (χ0v) is 16.2. The molecule has 1 amide bonds. The van der Waals surface area contributed by atoms with E-state index in [1.54, 1.807) is 48.2 Å². The fourth-order valence-corrected chi connectivity index (χ4v) is 3.71. The van der Waals surface area contributed by atoms with Crippen LogP contribution in [-0.4, -0.2) is 28.6 Å². The van der Waals surface area contributed by atoms with E-state index in [1.165, 1.54) is 0 Å². The van der Waals surface area contributed by atoms with E-state index in [0.29, 0.717) is 27.8 Å². The largest absolute Gasteiger partial charge is 0.497 e. The zero-order chi connectivity index (χ0) is 19.8. The van der Waals surface area contributed by atoms with E-state index in [-0.39, 0.29) is 18.1 Å². The molecule has 2 heterocycles. The molecular weight excluding hydrogens is 378 g/mol. The Hall–Kier alpha value is -3.12. The third-order valence-corrected chi connectivity index (χ3v) is 5.08. The minimum absolute atomic E-state index is 0.0833. The summed E-state index contributed by atoms with van der Waals surface area (Å²) in [5.74, 6) is 0.256. The van der Waals surface area contributed by atoms with Crippen molar-refractivity contribution in [2.75, 3.05) is 12.4 Å². The van der Waals surface area contributed by atoms with Crippen molar-refractivity contribution in [1.29, 1.82) is 0 Å². The Bertz CT molecular complexity index is 1070. The average Bonchev–Trinajstić information content (AvgIpc) is 3.03. The van der Waals surface area contributed by atoms with E-state index in [1.807, 2.05) is 19.1 Å². The molecule has 0 saturated heterocycles. The zero-order valence-electron chi connectivity index (χ0n) is 15.4. The number of hydrogen-bond acceptors (Lipinski definition) is 4. The van der Waals surface area contributed by atoms with Crippen LogP contribution in [0.2, 0.25) is 5.02 Å². The third-order valence-electron chi connectivity index (χ3n) is 4.85. The number of aryl methyl sites for hydroxylation is 1. The second-order valence-corrected chi connectivity index (χ2v) is 7.07. The molecule has 0 fully saturated rings. The maximum Gasteiger partial charge on any atom is 0.226 e. The number of carbonyl (C=O) groups is 2. The van der Waals surface area contributed by atoms with Gasteiger partial charge in [0.05, 0.1) is 24.4 Å². The summed E-state index contributed by atoms with van der Waals surface area (Å²) in [4.78, 5) is 25.6. The number of halogens is 1. The highest BCUT2D eigenvalue weighted by atomic mass is 35.5. The quantitative estimate of drug-likeness (QED) is 0.673. The molecule has 1 atom stereocenters. The van der Waals surface area contributed by atoms with Crippen molar-refractivity contribution in [3.8, 4) is 11.4 Å². The summed E-state index contributed by atoms with van der Waals surface area (Å²) < 4.78 is 6.78. The number of fused-ring (bicyclic) bond motifs is 1. The number of amides is 1. The van der Waals surface area contributed by atoms with Crippen molar-refractivity contribution in [3.05, 3.63) is 70.4 Å². The number of carbonyl (C=O) groups excluding carboxylic acids is 2. The molecule has 3 aromatic rings. The van der Waals surface area contributed by atoms with Gasteiger partial charge in [-0.3, -0.25) is 9.59 Å². The number of benzene rings is 2. The summed E-state index contributed by atoms with van der Waals surface area (Å²) in [7, 11) is 1.57. The average molecular weight is 396 g/mol. The first-order valence-electron chi connectivity index (χ1n) is 8.81. The Morgan fingerprint density at radius 1 is 1.25 bits per heavy atom. The van der Waals surface area contributed by atoms with E-state index in [4.69, 9.17) is 16.3 Å². The first-order chi connectivity index (χ1) is 13.5. The Kier molecular flexibility index (Phi) is 4.65. The highest BCUT2D eigenvalue weighted by Crippen LogP contribution is 2.38. The Morgan fingerprint density at radius 2 is 2.00 bits per heavy atom. The number of aromatic nitrogens is 2. The fourth-order valence-electron chi connectivity index (χ4n) is 3.52. The minimum Gasteiger partial charge on any atom is -0.497 e. The van der Waals surface area contributed by atoms with Crippen molar-refractivity contribution in [2.45, 2.75) is 19.3 Å². The number of nitrogens with one attached hydrogen (secondary N) is 1. The molecule has 4 rings (SSSR count). The Labute approximate surface area is 167 Å². The highest BCUT2D eigenvalue weighted by Gasteiger charge is 2.36. The third kappa shape index (κ3) is 3.16. The maximum atomic E-state index is 13.2. The van der Waals surface area contributed by atoms with Gasteiger partial charge in [-0.25, -0.2) is 4.68 Å². The summed E-state index contributed by atoms with van der Waals surface area (Å²) in [6, 6.07) is 14.1. The predicted octanol–water partition coefficient (Wildman–Crippen LogP) is 4.15. The summed E-state index contributed by atoms with van der Waals surface area (Å²) in [5, 5.41) is 7.99. The molecule has 1 aromatic heterocycles. The molecule has 0 bridgehead atoms. The number of anilines is 1. The lowest BCUT2D eigenvalue weighted by atomic mass is 9.85. The van der Waals surface area contributed by atoms with Crippen molar-refractivity contribution in [3.63, 3.8) is 0 Å². The number of nitrogens with zero attached hydrogens (tertiary/aromatic N) is 2. The lowest BCUT2D eigenvalue weighted by Crippen LogP contribution is -2.28. The van der Waals surface area contributed by atoms with E-state index in [2.05, 4.69) is 10.4 Å². The van der Waals surface area contributed by atoms with Crippen LogP contribution in [0, 0.1) is 6.92 Å². The van der Waals surface area contributed by atoms with Crippen molar-refractivity contribution in [2.24, 2.45) is 0 Å². The molecule has 1 unspecified atom stereocenters. The monoisotopic (exact) mass is 395 g/mol. The standard InChI is InChI=1S/C21H18ClN3O3/c1-12-19-17(20(27)13-6-8-16(28-2)9-7-13)11-18(26)23-21(19)25(24-12)15-5-3-4-14(22)10-15/h3-10,17H,11H2,1-2H3,(H,23,26). The molecule has 1 N–H and O–H groups in total. The number of rotatable bonds is 4. The number of ketones is 1. The van der Waals surface area contributed by atoms with Crippen molar-refractivity contribution in [1.82, 2.24) is 9.78 Å². The van der Waals surface area contributed by atoms with Crippen LogP contribution >= 0.6 is 11.6 Å². The van der Waals surface area contributed by atoms with Gasteiger partial charge in [-0.2, -0.15) is 5.10 Å².